The van der Waals surface area contributed by atoms with Gasteiger partial charge >= 0.3 is 0 Å². The first kappa shape index (κ1) is 16.2. The highest BCUT2D eigenvalue weighted by molar-refractivity contribution is 7.13. The van der Waals surface area contributed by atoms with Gasteiger partial charge < -0.3 is 5.32 Å². The van der Waals surface area contributed by atoms with Crippen molar-refractivity contribution in [2.24, 2.45) is 0 Å². The summed E-state index contributed by atoms with van der Waals surface area (Å²) in [5.41, 5.74) is 6.09. The van der Waals surface area contributed by atoms with Gasteiger partial charge in [-0.15, -0.1) is 11.3 Å². The van der Waals surface area contributed by atoms with Gasteiger partial charge in [-0.25, -0.2) is 9.97 Å². The molecule has 5 nitrogen and oxygen atoms in total. The smallest absolute Gasteiger partial charge is 0.270 e. The van der Waals surface area contributed by atoms with Crippen molar-refractivity contribution in [1.82, 2.24) is 19.7 Å². The van der Waals surface area contributed by atoms with Crippen molar-refractivity contribution in [2.45, 2.75) is 25.8 Å². The van der Waals surface area contributed by atoms with Gasteiger partial charge in [0.25, 0.3) is 5.91 Å². The van der Waals surface area contributed by atoms with E-state index in [0.29, 0.717) is 5.69 Å². The Balaban J connectivity index is 1.41. The Morgan fingerprint density at radius 2 is 2.19 bits per heavy atom. The molecule has 3 aromatic heterocycles. The largest absolute Gasteiger partial charge is 0.344 e. The van der Waals surface area contributed by atoms with Crippen LogP contribution in [0, 0.1) is 6.92 Å². The second kappa shape index (κ2) is 6.32. The Labute approximate surface area is 160 Å². The molecule has 1 N–H and O–H groups in total. The van der Waals surface area contributed by atoms with E-state index in [2.05, 4.69) is 33.5 Å². The molecule has 1 amide bonds. The summed E-state index contributed by atoms with van der Waals surface area (Å²) in [6.45, 7) is 2.01. The second-order valence-corrected chi connectivity index (χ2v) is 7.79. The summed E-state index contributed by atoms with van der Waals surface area (Å²) in [5.74, 6) is -0.0880. The molecule has 1 aromatic carbocycles. The Hall–Kier alpha value is -2.99. The highest BCUT2D eigenvalue weighted by Gasteiger charge is 2.26. The summed E-state index contributed by atoms with van der Waals surface area (Å²) < 4.78 is 1.85. The first-order valence-electron chi connectivity index (χ1n) is 8.96. The molecule has 0 spiro atoms. The Morgan fingerprint density at radius 3 is 3.04 bits per heavy atom. The summed E-state index contributed by atoms with van der Waals surface area (Å²) >= 11 is 1.64. The molecule has 1 aliphatic carbocycles. The number of amides is 1. The van der Waals surface area contributed by atoms with Crippen LogP contribution in [-0.2, 0) is 6.42 Å². The minimum Gasteiger partial charge on any atom is -0.344 e. The molecule has 3 heterocycles. The number of aromatic nitrogens is 3. The number of benzene rings is 1. The zero-order valence-corrected chi connectivity index (χ0v) is 15.7. The molecule has 0 saturated carbocycles. The molecule has 6 heteroatoms. The van der Waals surface area contributed by atoms with Crippen molar-refractivity contribution in [3.05, 3.63) is 76.7 Å². The highest BCUT2D eigenvalue weighted by Crippen LogP contribution is 2.34. The van der Waals surface area contributed by atoms with Gasteiger partial charge in [0.05, 0.1) is 12.2 Å². The number of nitrogens with zero attached hydrogens (tertiary/aromatic N) is 3. The van der Waals surface area contributed by atoms with Gasteiger partial charge in [0.15, 0.2) is 0 Å². The van der Waals surface area contributed by atoms with Gasteiger partial charge in [-0.3, -0.25) is 9.20 Å². The second-order valence-electron chi connectivity index (χ2n) is 6.89. The third-order valence-corrected chi connectivity index (χ3v) is 5.91. The topological polar surface area (TPSA) is 59.3 Å². The van der Waals surface area contributed by atoms with Gasteiger partial charge in [0.1, 0.15) is 16.3 Å². The number of hydrogen-bond acceptors (Lipinski definition) is 4. The van der Waals surface area contributed by atoms with Gasteiger partial charge in [-0.05, 0) is 48.6 Å². The van der Waals surface area contributed by atoms with Crippen LogP contribution in [0.2, 0.25) is 0 Å². The molecule has 0 unspecified atom stereocenters. The molecule has 1 aliphatic rings. The van der Waals surface area contributed by atoms with Crippen LogP contribution in [0.15, 0.2) is 54.3 Å². The first-order valence-corrected chi connectivity index (χ1v) is 9.84. The lowest BCUT2D eigenvalue weighted by molar-refractivity contribution is 0.0931. The average molecular weight is 374 g/mol. The van der Waals surface area contributed by atoms with E-state index in [0.717, 1.165) is 34.6 Å². The number of carbonyl (C=O) groups excluding carboxylic acids is 1. The molecular formula is C21H18N4OS. The van der Waals surface area contributed by atoms with Crippen LogP contribution in [0.3, 0.4) is 0 Å². The van der Waals surface area contributed by atoms with E-state index in [1.54, 1.807) is 17.5 Å². The van der Waals surface area contributed by atoms with Crippen LogP contribution in [0.1, 0.15) is 39.6 Å². The van der Waals surface area contributed by atoms with Crippen molar-refractivity contribution in [3.8, 4) is 10.6 Å². The number of imidazole rings is 1. The van der Waals surface area contributed by atoms with E-state index < -0.39 is 0 Å². The maximum atomic E-state index is 12.9. The van der Waals surface area contributed by atoms with E-state index in [1.807, 2.05) is 41.2 Å². The number of pyridine rings is 1. The molecule has 5 rings (SSSR count). The predicted octanol–water partition coefficient (Wildman–Crippen LogP) is 4.18. The quantitative estimate of drug-likeness (QED) is 0.585. The first-order chi connectivity index (χ1) is 13.2. The van der Waals surface area contributed by atoms with Crippen molar-refractivity contribution in [3.63, 3.8) is 0 Å². The number of hydrogen-bond donors (Lipinski definition) is 1. The fraction of sp³-hybridized carbons (Fsp3) is 0.190. The van der Waals surface area contributed by atoms with Crippen LogP contribution < -0.4 is 5.32 Å². The van der Waals surface area contributed by atoms with E-state index >= 15 is 0 Å². The van der Waals surface area contributed by atoms with Crippen molar-refractivity contribution >= 4 is 22.9 Å². The van der Waals surface area contributed by atoms with Crippen LogP contribution in [-0.4, -0.2) is 20.3 Å². The minimum absolute atomic E-state index is 0.0354. The van der Waals surface area contributed by atoms with Gasteiger partial charge in [0.2, 0.25) is 0 Å². The highest BCUT2D eigenvalue weighted by atomic mass is 32.1. The third-order valence-electron chi connectivity index (χ3n) is 5.09. The predicted molar refractivity (Wildman–Crippen MR) is 106 cm³/mol. The normalized spacial score (nSPS) is 15.8. The Bertz CT molecular complexity index is 1150. The zero-order chi connectivity index (χ0) is 18.4. The number of rotatable bonds is 3. The van der Waals surface area contributed by atoms with Crippen molar-refractivity contribution < 1.29 is 4.79 Å². The monoisotopic (exact) mass is 374 g/mol. The van der Waals surface area contributed by atoms with Crippen molar-refractivity contribution in [2.75, 3.05) is 0 Å². The molecule has 0 radical (unpaired) electrons. The van der Waals surface area contributed by atoms with Crippen LogP contribution in [0.25, 0.3) is 16.2 Å². The maximum absolute atomic E-state index is 12.9. The number of carbonyl (C=O) groups is 1. The molecule has 1 atom stereocenters. The van der Waals surface area contributed by atoms with E-state index in [1.165, 1.54) is 11.1 Å². The van der Waals surface area contributed by atoms with Crippen LogP contribution >= 0.6 is 11.3 Å². The Kier molecular flexibility index (Phi) is 3.79. The Morgan fingerprint density at radius 1 is 1.26 bits per heavy atom. The van der Waals surface area contributed by atoms with Gasteiger partial charge in [0, 0.05) is 23.3 Å². The fourth-order valence-electron chi connectivity index (χ4n) is 3.75. The third kappa shape index (κ3) is 2.82. The van der Waals surface area contributed by atoms with Gasteiger partial charge in [-0.2, -0.15) is 0 Å². The van der Waals surface area contributed by atoms with E-state index in [4.69, 9.17) is 0 Å². The number of thiazole rings is 1. The number of fused-ring (bicyclic) bond motifs is 2. The fourth-order valence-corrected chi connectivity index (χ4v) is 4.39. The van der Waals surface area contributed by atoms with E-state index in [9.17, 15) is 4.79 Å². The summed E-state index contributed by atoms with van der Waals surface area (Å²) in [6.07, 6.45) is 7.30. The molecule has 0 fully saturated rings. The molecular weight excluding hydrogens is 356 g/mol. The molecule has 0 aliphatic heterocycles. The SMILES string of the molecule is Cc1ccc2ncc(C(=O)N[C@@H]3CCc4cc(-c5nccs5)ccc43)n2c1. The zero-order valence-electron chi connectivity index (χ0n) is 14.8. The lowest BCUT2D eigenvalue weighted by Crippen LogP contribution is -2.28. The van der Waals surface area contributed by atoms with Crippen LogP contribution in [0.5, 0.6) is 0 Å². The number of nitrogens with one attached hydrogen (secondary N) is 1. The lowest BCUT2D eigenvalue weighted by Gasteiger charge is -2.14. The molecule has 134 valence electrons. The van der Waals surface area contributed by atoms with Crippen molar-refractivity contribution in [1.29, 1.82) is 0 Å². The number of aryl methyl sites for hydroxylation is 2. The van der Waals surface area contributed by atoms with E-state index in [-0.39, 0.29) is 11.9 Å². The maximum Gasteiger partial charge on any atom is 0.270 e. The molecule has 4 aromatic rings. The summed E-state index contributed by atoms with van der Waals surface area (Å²) in [7, 11) is 0. The average Bonchev–Trinajstić information content (AvgIpc) is 3.41. The summed E-state index contributed by atoms with van der Waals surface area (Å²) in [5, 5.41) is 6.21. The molecule has 0 bridgehead atoms. The van der Waals surface area contributed by atoms with Crippen LogP contribution in [0.4, 0.5) is 0 Å². The minimum atomic E-state index is -0.0880. The summed E-state index contributed by atoms with van der Waals surface area (Å²) in [6, 6.07) is 10.4. The molecule has 27 heavy (non-hydrogen) atoms. The molecule has 0 saturated heterocycles. The standard InChI is InChI=1S/C21H18N4OS/c1-13-2-7-19-23-11-18(25(19)12-13)20(26)24-17-6-4-14-10-15(3-5-16(14)17)21-22-8-9-27-21/h2-3,5,7-12,17H,4,6H2,1H3,(H,24,26)/t17-/m1/s1. The van der Waals surface area contributed by atoms with Gasteiger partial charge in [-0.1, -0.05) is 18.2 Å². The summed E-state index contributed by atoms with van der Waals surface area (Å²) in [4.78, 5) is 21.6. The lowest BCUT2D eigenvalue weighted by atomic mass is 10.0.